The zero-order chi connectivity index (χ0) is 18.9. The molecule has 0 aliphatic carbocycles. The number of hydrogen-bond donors (Lipinski definition) is 7. The quantitative estimate of drug-likeness (QED) is 0.122. The van der Waals surface area contributed by atoms with E-state index in [9.17, 15) is 19.5 Å². The van der Waals surface area contributed by atoms with Crippen LogP contribution in [0.5, 0.6) is 0 Å². The van der Waals surface area contributed by atoms with Gasteiger partial charge in [-0.3, -0.25) is 19.4 Å². The van der Waals surface area contributed by atoms with Crippen LogP contribution in [-0.2, 0) is 14.4 Å². The van der Waals surface area contributed by atoms with E-state index in [0.717, 1.165) is 0 Å². The molecule has 138 valence electrons. The van der Waals surface area contributed by atoms with Crippen LogP contribution in [0.1, 0.15) is 26.7 Å². The van der Waals surface area contributed by atoms with E-state index in [1.54, 1.807) is 0 Å². The van der Waals surface area contributed by atoms with Crippen LogP contribution < -0.4 is 27.8 Å². The minimum Gasteiger partial charge on any atom is -0.480 e. The van der Waals surface area contributed by atoms with Crippen LogP contribution in [0.25, 0.3) is 0 Å². The number of aliphatic hydroxyl groups excluding tert-OH is 1. The molecular formula is C13H26N6O5. The van der Waals surface area contributed by atoms with Gasteiger partial charge in [-0.15, -0.1) is 0 Å². The SMILES string of the molecule is CC(NC(=O)C(NC(=O)C(N)CCCN=C(N)N)C(C)O)C(=O)O. The lowest BCUT2D eigenvalue weighted by molar-refractivity contribution is -0.142. The molecule has 11 nitrogen and oxygen atoms in total. The van der Waals surface area contributed by atoms with Crippen molar-refractivity contribution in [3.8, 4) is 0 Å². The Morgan fingerprint density at radius 2 is 1.71 bits per heavy atom. The van der Waals surface area contributed by atoms with E-state index in [1.807, 2.05) is 0 Å². The number of aliphatic hydroxyl groups is 1. The van der Waals surface area contributed by atoms with Crippen LogP contribution in [0, 0.1) is 0 Å². The number of carboxylic acids is 1. The summed E-state index contributed by atoms with van der Waals surface area (Å²) in [7, 11) is 0. The minimum atomic E-state index is -1.32. The number of nitrogens with two attached hydrogens (primary N) is 3. The Morgan fingerprint density at radius 3 is 2.17 bits per heavy atom. The third-order valence-electron chi connectivity index (χ3n) is 3.10. The maximum atomic E-state index is 12.0. The van der Waals surface area contributed by atoms with Crippen molar-refractivity contribution in [1.82, 2.24) is 10.6 Å². The Bertz CT molecular complexity index is 477. The van der Waals surface area contributed by atoms with Gasteiger partial charge in [0.1, 0.15) is 12.1 Å². The van der Waals surface area contributed by atoms with Crippen molar-refractivity contribution in [3.63, 3.8) is 0 Å². The standard InChI is InChI=1S/C13H26N6O5/c1-6(12(23)24)18-11(22)9(7(2)20)19-10(21)8(14)4-3-5-17-13(15)16/h6-9,20H,3-5,14H2,1-2H3,(H,18,22)(H,19,21)(H,23,24)(H4,15,16,17). The Hall–Kier alpha value is -2.40. The van der Waals surface area contributed by atoms with Crippen molar-refractivity contribution in [2.24, 2.45) is 22.2 Å². The average molecular weight is 346 g/mol. The summed E-state index contributed by atoms with van der Waals surface area (Å²) < 4.78 is 0. The second-order valence-electron chi connectivity index (χ2n) is 5.35. The Kier molecular flexibility index (Phi) is 9.35. The first kappa shape index (κ1) is 21.6. The van der Waals surface area contributed by atoms with Crippen molar-refractivity contribution in [2.45, 2.75) is 50.9 Å². The molecule has 0 aromatic heterocycles. The van der Waals surface area contributed by atoms with Crippen LogP contribution in [0.15, 0.2) is 4.99 Å². The number of carboxylic acid groups (broad SMARTS) is 1. The molecule has 4 unspecified atom stereocenters. The summed E-state index contributed by atoms with van der Waals surface area (Å²) in [5.74, 6) is -2.77. The van der Waals surface area contributed by atoms with Crippen LogP contribution >= 0.6 is 0 Å². The fraction of sp³-hybridized carbons (Fsp3) is 0.692. The molecule has 0 saturated heterocycles. The second-order valence-corrected chi connectivity index (χ2v) is 5.35. The van der Waals surface area contributed by atoms with Gasteiger partial charge in [-0.25, -0.2) is 0 Å². The van der Waals surface area contributed by atoms with E-state index >= 15 is 0 Å². The summed E-state index contributed by atoms with van der Waals surface area (Å²) in [4.78, 5) is 38.4. The Morgan fingerprint density at radius 1 is 1.12 bits per heavy atom. The van der Waals surface area contributed by atoms with Crippen molar-refractivity contribution in [1.29, 1.82) is 0 Å². The van der Waals surface area contributed by atoms with Crippen LogP contribution in [0.2, 0.25) is 0 Å². The molecular weight excluding hydrogens is 320 g/mol. The number of aliphatic imine (C=N–C) groups is 1. The number of rotatable bonds is 10. The first-order chi connectivity index (χ1) is 11.1. The number of carbonyl (C=O) groups is 3. The zero-order valence-corrected chi connectivity index (χ0v) is 13.7. The van der Waals surface area contributed by atoms with Crippen molar-refractivity contribution in [3.05, 3.63) is 0 Å². The number of nitrogens with one attached hydrogen (secondary N) is 2. The highest BCUT2D eigenvalue weighted by molar-refractivity contribution is 5.92. The second kappa shape index (κ2) is 10.4. The lowest BCUT2D eigenvalue weighted by Gasteiger charge is -2.23. The van der Waals surface area contributed by atoms with Gasteiger partial charge in [0.2, 0.25) is 11.8 Å². The van der Waals surface area contributed by atoms with Crippen LogP contribution in [0.4, 0.5) is 0 Å². The summed E-state index contributed by atoms with van der Waals surface area (Å²) in [5.41, 5.74) is 16.0. The molecule has 0 aromatic carbocycles. The van der Waals surface area contributed by atoms with E-state index in [2.05, 4.69) is 15.6 Å². The van der Waals surface area contributed by atoms with Gasteiger partial charge in [0.15, 0.2) is 5.96 Å². The van der Waals surface area contributed by atoms with Crippen LogP contribution in [0.3, 0.4) is 0 Å². The highest BCUT2D eigenvalue weighted by Gasteiger charge is 2.29. The zero-order valence-electron chi connectivity index (χ0n) is 13.7. The highest BCUT2D eigenvalue weighted by atomic mass is 16.4. The summed E-state index contributed by atoms with van der Waals surface area (Å²) in [6, 6.07) is -3.41. The van der Waals surface area contributed by atoms with E-state index in [4.69, 9.17) is 22.3 Å². The molecule has 0 heterocycles. The molecule has 2 amide bonds. The van der Waals surface area contributed by atoms with E-state index in [0.29, 0.717) is 13.0 Å². The molecule has 0 bridgehead atoms. The molecule has 24 heavy (non-hydrogen) atoms. The van der Waals surface area contributed by atoms with Gasteiger partial charge in [0.05, 0.1) is 12.1 Å². The maximum absolute atomic E-state index is 12.0. The van der Waals surface area contributed by atoms with E-state index < -0.39 is 42.0 Å². The van der Waals surface area contributed by atoms with Crippen molar-refractivity contribution >= 4 is 23.7 Å². The smallest absolute Gasteiger partial charge is 0.325 e. The van der Waals surface area contributed by atoms with Gasteiger partial charge in [-0.05, 0) is 26.7 Å². The number of hydrogen-bond acceptors (Lipinski definition) is 6. The van der Waals surface area contributed by atoms with Gasteiger partial charge in [-0.1, -0.05) is 0 Å². The molecule has 0 rings (SSSR count). The van der Waals surface area contributed by atoms with E-state index in [1.165, 1.54) is 13.8 Å². The molecule has 0 radical (unpaired) electrons. The first-order valence-corrected chi connectivity index (χ1v) is 7.38. The summed E-state index contributed by atoms with van der Waals surface area (Å²) in [6.45, 7) is 2.86. The highest BCUT2D eigenvalue weighted by Crippen LogP contribution is 2.00. The van der Waals surface area contributed by atoms with Gasteiger partial charge in [0.25, 0.3) is 0 Å². The molecule has 0 aromatic rings. The largest absolute Gasteiger partial charge is 0.480 e. The summed E-state index contributed by atoms with van der Waals surface area (Å²) in [6.07, 6.45) is -0.514. The van der Waals surface area contributed by atoms with Gasteiger partial charge in [-0.2, -0.15) is 0 Å². The molecule has 11 heteroatoms. The average Bonchev–Trinajstić information content (AvgIpc) is 2.47. The third-order valence-corrected chi connectivity index (χ3v) is 3.10. The maximum Gasteiger partial charge on any atom is 0.325 e. The molecule has 10 N–H and O–H groups in total. The summed E-state index contributed by atoms with van der Waals surface area (Å²) >= 11 is 0. The number of nitrogens with zero attached hydrogens (tertiary/aromatic N) is 1. The number of guanidine groups is 1. The number of carbonyl (C=O) groups excluding carboxylic acids is 2. The van der Waals surface area contributed by atoms with Gasteiger partial charge >= 0.3 is 5.97 Å². The minimum absolute atomic E-state index is 0.0635. The summed E-state index contributed by atoms with van der Waals surface area (Å²) in [5, 5.41) is 22.9. The molecule has 0 fully saturated rings. The van der Waals surface area contributed by atoms with Gasteiger partial charge < -0.3 is 38.0 Å². The number of aliphatic carboxylic acids is 1. The molecule has 0 aliphatic rings. The fourth-order valence-corrected chi connectivity index (χ4v) is 1.68. The number of amides is 2. The normalized spacial score (nSPS) is 15.5. The van der Waals surface area contributed by atoms with Gasteiger partial charge in [0, 0.05) is 6.54 Å². The molecule has 0 saturated carbocycles. The molecule has 0 spiro atoms. The predicted octanol–water partition coefficient (Wildman–Crippen LogP) is -3.18. The Labute approximate surface area is 139 Å². The lowest BCUT2D eigenvalue weighted by Crippen LogP contribution is -2.57. The monoisotopic (exact) mass is 346 g/mol. The molecule has 0 aliphatic heterocycles. The lowest BCUT2D eigenvalue weighted by atomic mass is 10.1. The fourth-order valence-electron chi connectivity index (χ4n) is 1.68. The Balaban J connectivity index is 4.59. The molecule has 4 atom stereocenters. The topological polar surface area (TPSA) is 206 Å². The van der Waals surface area contributed by atoms with Crippen LogP contribution in [-0.4, -0.2) is 64.7 Å². The predicted molar refractivity (Wildman–Crippen MR) is 86.7 cm³/mol. The van der Waals surface area contributed by atoms with Crippen molar-refractivity contribution in [2.75, 3.05) is 6.54 Å². The third kappa shape index (κ3) is 8.29. The van der Waals surface area contributed by atoms with Crippen molar-refractivity contribution < 1.29 is 24.6 Å². The first-order valence-electron chi connectivity index (χ1n) is 7.38. The van der Waals surface area contributed by atoms with E-state index in [-0.39, 0.29) is 12.4 Å².